The Hall–Kier alpha value is -3.00. The summed E-state index contributed by atoms with van der Waals surface area (Å²) in [6, 6.07) is 10.7. The lowest BCUT2D eigenvalue weighted by Gasteiger charge is -2.15. The standard InChI is InChI=1S/C20H20N2OS.C2HF3O/c1-21-20-18(14-6-3-2-4-7-14)22-19(23-20)16-9-5-8-15(12-16)17-10-11-24-13-17;3-2(4,5)1-6/h2-3,5-6,8-13,19,21-22H,4,7H2,1H3;1H. The third kappa shape index (κ3) is 5.54. The number of nitrogens with one attached hydrogen (secondary N) is 2. The van der Waals surface area contributed by atoms with Gasteiger partial charge in [-0.3, -0.25) is 4.79 Å². The van der Waals surface area contributed by atoms with Crippen LogP contribution in [0.1, 0.15) is 24.6 Å². The number of aldehydes is 1. The van der Waals surface area contributed by atoms with Gasteiger partial charge in [-0.05, 0) is 52.4 Å². The van der Waals surface area contributed by atoms with Crippen molar-refractivity contribution < 1.29 is 22.7 Å². The molecule has 1 aliphatic heterocycles. The molecule has 0 radical (unpaired) electrons. The molecule has 8 heteroatoms. The molecule has 1 aromatic carbocycles. The average molecular weight is 434 g/mol. The number of halogens is 3. The van der Waals surface area contributed by atoms with Gasteiger partial charge in [0.25, 0.3) is 0 Å². The van der Waals surface area contributed by atoms with Crippen molar-refractivity contribution in [3.63, 3.8) is 0 Å². The van der Waals surface area contributed by atoms with E-state index < -0.39 is 12.5 Å². The summed E-state index contributed by atoms with van der Waals surface area (Å²) in [5.74, 6) is 0.822. The van der Waals surface area contributed by atoms with Crippen molar-refractivity contribution >= 4 is 17.6 Å². The van der Waals surface area contributed by atoms with Gasteiger partial charge in [0.05, 0.1) is 0 Å². The van der Waals surface area contributed by atoms with Crippen molar-refractivity contribution in [1.82, 2.24) is 10.6 Å². The number of carbonyl (C=O) groups excluding carboxylic acids is 1. The zero-order valence-corrected chi connectivity index (χ0v) is 17.0. The van der Waals surface area contributed by atoms with Gasteiger partial charge in [-0.25, -0.2) is 0 Å². The molecule has 0 amide bonds. The van der Waals surface area contributed by atoms with E-state index in [-0.39, 0.29) is 6.23 Å². The van der Waals surface area contributed by atoms with E-state index >= 15 is 0 Å². The first kappa shape index (κ1) is 21.7. The normalized spacial score (nSPS) is 18.0. The molecule has 1 aliphatic carbocycles. The van der Waals surface area contributed by atoms with E-state index in [1.165, 1.54) is 16.7 Å². The summed E-state index contributed by atoms with van der Waals surface area (Å²) in [6.07, 6.45) is 2.73. The van der Waals surface area contributed by atoms with Crippen LogP contribution in [-0.4, -0.2) is 19.5 Å². The Balaban J connectivity index is 0.000000377. The fourth-order valence-electron chi connectivity index (χ4n) is 3.10. The van der Waals surface area contributed by atoms with Crippen LogP contribution in [0.2, 0.25) is 0 Å². The van der Waals surface area contributed by atoms with Gasteiger partial charge in [0.2, 0.25) is 12.2 Å². The van der Waals surface area contributed by atoms with Crippen molar-refractivity contribution in [2.75, 3.05) is 7.05 Å². The Bertz CT molecular complexity index is 963. The summed E-state index contributed by atoms with van der Waals surface area (Å²) in [6.45, 7) is 0. The molecule has 0 fully saturated rings. The van der Waals surface area contributed by atoms with Crippen LogP contribution in [-0.2, 0) is 9.53 Å². The number of hydrogen-bond acceptors (Lipinski definition) is 5. The van der Waals surface area contributed by atoms with Crippen molar-refractivity contribution in [1.29, 1.82) is 0 Å². The fraction of sp³-hybridized carbons (Fsp3) is 0.227. The van der Waals surface area contributed by atoms with E-state index in [0.717, 1.165) is 30.0 Å². The highest BCUT2D eigenvalue weighted by molar-refractivity contribution is 7.08. The van der Waals surface area contributed by atoms with E-state index in [4.69, 9.17) is 9.53 Å². The molecule has 2 aliphatic rings. The number of hydrogen-bond donors (Lipinski definition) is 2. The van der Waals surface area contributed by atoms with Crippen molar-refractivity contribution in [2.45, 2.75) is 25.2 Å². The summed E-state index contributed by atoms with van der Waals surface area (Å²) in [5.41, 5.74) is 5.97. The van der Waals surface area contributed by atoms with Crippen LogP contribution in [0.5, 0.6) is 0 Å². The maximum Gasteiger partial charge on any atom is 0.446 e. The molecule has 0 bridgehead atoms. The maximum atomic E-state index is 10.4. The monoisotopic (exact) mass is 434 g/mol. The topological polar surface area (TPSA) is 50.4 Å². The van der Waals surface area contributed by atoms with E-state index in [0.29, 0.717) is 0 Å². The number of carbonyl (C=O) groups is 1. The second-order valence-electron chi connectivity index (χ2n) is 6.55. The van der Waals surface area contributed by atoms with Gasteiger partial charge in [-0.2, -0.15) is 24.5 Å². The molecule has 2 aromatic rings. The zero-order chi connectivity index (χ0) is 21.6. The predicted molar refractivity (Wildman–Crippen MR) is 111 cm³/mol. The van der Waals surface area contributed by atoms with Gasteiger partial charge in [0, 0.05) is 12.6 Å². The third-order valence-corrected chi connectivity index (χ3v) is 5.16. The molecular formula is C22H21F3N2O2S. The Morgan fingerprint density at radius 3 is 2.67 bits per heavy atom. The molecule has 4 rings (SSSR count). The molecule has 1 aromatic heterocycles. The first-order chi connectivity index (χ1) is 14.4. The van der Waals surface area contributed by atoms with E-state index in [1.54, 1.807) is 11.3 Å². The Kier molecular flexibility index (Phi) is 6.99. The van der Waals surface area contributed by atoms with Crippen molar-refractivity contribution in [3.8, 4) is 11.1 Å². The quantitative estimate of drug-likeness (QED) is 0.629. The number of allylic oxidation sites excluding steroid dienone is 4. The van der Waals surface area contributed by atoms with Crippen molar-refractivity contribution in [3.05, 3.63) is 82.0 Å². The first-order valence-corrected chi connectivity index (χ1v) is 10.2. The predicted octanol–water partition coefficient (Wildman–Crippen LogP) is 5.45. The highest BCUT2D eigenvalue weighted by atomic mass is 32.1. The molecular weight excluding hydrogens is 413 g/mol. The van der Waals surface area contributed by atoms with Gasteiger partial charge in [-0.15, -0.1) is 0 Å². The lowest BCUT2D eigenvalue weighted by atomic mass is 10.0. The molecule has 0 spiro atoms. The van der Waals surface area contributed by atoms with Crippen LogP contribution in [0.15, 0.2) is 76.5 Å². The Morgan fingerprint density at radius 1 is 1.27 bits per heavy atom. The lowest BCUT2D eigenvalue weighted by molar-refractivity contribution is -0.156. The molecule has 1 atom stereocenters. The molecule has 4 nitrogen and oxygen atoms in total. The highest BCUT2D eigenvalue weighted by Crippen LogP contribution is 2.33. The SMILES string of the molecule is CNC1=C(C2=CC=CCC2)NC(c2cccc(-c3ccsc3)c2)O1.O=CC(F)(F)F. The molecule has 2 N–H and O–H groups in total. The zero-order valence-electron chi connectivity index (χ0n) is 16.2. The lowest BCUT2D eigenvalue weighted by Crippen LogP contribution is -2.17. The largest absolute Gasteiger partial charge is 0.450 e. The Labute approximate surface area is 176 Å². The number of rotatable bonds is 4. The highest BCUT2D eigenvalue weighted by Gasteiger charge is 2.28. The van der Waals surface area contributed by atoms with Crippen LogP contribution in [0.4, 0.5) is 13.2 Å². The number of benzene rings is 1. The summed E-state index contributed by atoms with van der Waals surface area (Å²) in [5, 5.41) is 11.0. The van der Waals surface area contributed by atoms with Crippen LogP contribution in [0.3, 0.4) is 0 Å². The van der Waals surface area contributed by atoms with E-state index in [1.807, 2.05) is 7.05 Å². The molecule has 158 valence electrons. The summed E-state index contributed by atoms with van der Waals surface area (Å²) < 4.78 is 37.4. The minimum atomic E-state index is -4.64. The molecule has 2 heterocycles. The first-order valence-electron chi connectivity index (χ1n) is 9.28. The van der Waals surface area contributed by atoms with Crippen LogP contribution < -0.4 is 10.6 Å². The van der Waals surface area contributed by atoms with Gasteiger partial charge < -0.3 is 15.4 Å². The second kappa shape index (κ2) is 9.67. The molecule has 0 saturated heterocycles. The van der Waals surface area contributed by atoms with Gasteiger partial charge >= 0.3 is 6.18 Å². The van der Waals surface area contributed by atoms with E-state index in [2.05, 4.69) is 70.0 Å². The van der Waals surface area contributed by atoms with E-state index in [9.17, 15) is 13.2 Å². The number of ether oxygens (including phenoxy) is 1. The van der Waals surface area contributed by atoms with Gasteiger partial charge in [-0.1, -0.05) is 36.4 Å². The average Bonchev–Trinajstić information content (AvgIpc) is 3.45. The summed E-state index contributed by atoms with van der Waals surface area (Å²) >= 11 is 1.72. The fourth-order valence-corrected chi connectivity index (χ4v) is 3.76. The number of thiophene rings is 1. The molecule has 30 heavy (non-hydrogen) atoms. The van der Waals surface area contributed by atoms with Crippen LogP contribution in [0.25, 0.3) is 11.1 Å². The smallest absolute Gasteiger partial charge is 0.446 e. The summed E-state index contributed by atoms with van der Waals surface area (Å²) in [4.78, 5) is 8.70. The minimum Gasteiger partial charge on any atom is -0.450 e. The summed E-state index contributed by atoms with van der Waals surface area (Å²) in [7, 11) is 1.90. The minimum absolute atomic E-state index is 0.159. The van der Waals surface area contributed by atoms with Crippen molar-refractivity contribution in [2.24, 2.45) is 0 Å². The molecule has 1 unspecified atom stereocenters. The van der Waals surface area contributed by atoms with Crippen LogP contribution in [0, 0.1) is 0 Å². The Morgan fingerprint density at radius 2 is 2.07 bits per heavy atom. The van der Waals surface area contributed by atoms with Gasteiger partial charge in [0.15, 0.2) is 6.23 Å². The van der Waals surface area contributed by atoms with Crippen LogP contribution >= 0.6 is 11.3 Å². The third-order valence-electron chi connectivity index (χ3n) is 4.48. The molecule has 0 saturated carbocycles. The number of alkyl halides is 3. The van der Waals surface area contributed by atoms with Gasteiger partial charge in [0.1, 0.15) is 5.70 Å². The maximum absolute atomic E-state index is 10.4. The second-order valence-corrected chi connectivity index (χ2v) is 7.33.